The van der Waals surface area contributed by atoms with Gasteiger partial charge in [0.05, 0.1) is 7.11 Å². The number of ether oxygens (including phenoxy) is 1. The van der Waals surface area contributed by atoms with Crippen LogP contribution >= 0.6 is 0 Å². The Morgan fingerprint density at radius 1 is 1.24 bits per heavy atom. The molecule has 92 valence electrons. The van der Waals surface area contributed by atoms with Crippen LogP contribution in [-0.2, 0) is 0 Å². The molecule has 0 bridgehead atoms. The number of rotatable bonds is 6. The van der Waals surface area contributed by atoms with Crippen LogP contribution < -0.4 is 4.74 Å². The summed E-state index contributed by atoms with van der Waals surface area (Å²) in [5.41, 5.74) is 2.69. The third-order valence-electron chi connectivity index (χ3n) is 2.75. The molecule has 0 saturated heterocycles. The van der Waals surface area contributed by atoms with Crippen LogP contribution in [-0.4, -0.2) is 7.11 Å². The molecule has 17 heavy (non-hydrogen) atoms. The number of hydrogen-bond donors (Lipinski definition) is 0. The third-order valence-corrected chi connectivity index (χ3v) is 2.75. The second-order valence-corrected chi connectivity index (χ2v) is 4.05. The van der Waals surface area contributed by atoms with Crippen molar-refractivity contribution >= 4 is 5.57 Å². The molecule has 1 rings (SSSR count). The molecule has 0 N–H and O–H groups in total. The highest BCUT2D eigenvalue weighted by atomic mass is 16.5. The van der Waals surface area contributed by atoms with Crippen molar-refractivity contribution in [1.29, 1.82) is 0 Å². The Morgan fingerprint density at radius 2 is 1.94 bits per heavy atom. The molecule has 0 spiro atoms. The fourth-order valence-corrected chi connectivity index (χ4v) is 1.71. The lowest BCUT2D eigenvalue weighted by Gasteiger charge is -2.07. The van der Waals surface area contributed by atoms with Gasteiger partial charge in [-0.05, 0) is 43.0 Å². The van der Waals surface area contributed by atoms with Crippen LogP contribution in [0, 0.1) is 0 Å². The van der Waals surface area contributed by atoms with E-state index in [4.69, 9.17) is 4.74 Å². The Bertz CT molecular complexity index is 371. The molecule has 0 aliphatic heterocycles. The zero-order valence-electron chi connectivity index (χ0n) is 11.1. The quantitative estimate of drug-likeness (QED) is 0.635. The van der Waals surface area contributed by atoms with E-state index in [1.165, 1.54) is 24.0 Å². The summed E-state index contributed by atoms with van der Waals surface area (Å²) in [6.07, 6.45) is 9.97. The highest BCUT2D eigenvalue weighted by molar-refractivity contribution is 5.67. The lowest BCUT2D eigenvalue weighted by Crippen LogP contribution is -1.87. The first kappa shape index (κ1) is 13.6. The minimum Gasteiger partial charge on any atom is -0.497 e. The van der Waals surface area contributed by atoms with Crippen molar-refractivity contribution in [2.75, 3.05) is 7.11 Å². The molecule has 0 radical (unpaired) electrons. The fourth-order valence-electron chi connectivity index (χ4n) is 1.71. The molecule has 0 saturated carbocycles. The van der Waals surface area contributed by atoms with E-state index >= 15 is 0 Å². The summed E-state index contributed by atoms with van der Waals surface area (Å²) < 4.78 is 5.18. The van der Waals surface area contributed by atoms with Gasteiger partial charge in [-0.15, -0.1) is 0 Å². The average molecular weight is 230 g/mol. The highest BCUT2D eigenvalue weighted by Gasteiger charge is 2.00. The molecule has 0 aromatic heterocycles. The molecule has 0 amide bonds. The zero-order valence-corrected chi connectivity index (χ0v) is 11.1. The molecule has 0 fully saturated rings. The fraction of sp³-hybridized carbons (Fsp3) is 0.375. The van der Waals surface area contributed by atoms with Crippen LogP contribution in [0.3, 0.4) is 0 Å². The molecule has 1 aromatic rings. The number of unbranched alkanes of at least 4 members (excludes halogenated alkanes) is 1. The predicted molar refractivity (Wildman–Crippen MR) is 75.3 cm³/mol. The van der Waals surface area contributed by atoms with Gasteiger partial charge < -0.3 is 4.74 Å². The van der Waals surface area contributed by atoms with Crippen LogP contribution in [0.1, 0.15) is 38.7 Å². The SMILES string of the molecule is C/C=C\C=C(/CCCC)c1ccc(OC)cc1. The van der Waals surface area contributed by atoms with Crippen molar-refractivity contribution in [2.24, 2.45) is 0 Å². The van der Waals surface area contributed by atoms with Crippen LogP contribution in [0.25, 0.3) is 5.57 Å². The van der Waals surface area contributed by atoms with E-state index in [0.717, 1.165) is 12.2 Å². The Kier molecular flexibility index (Phi) is 6.16. The van der Waals surface area contributed by atoms with Gasteiger partial charge in [0.1, 0.15) is 5.75 Å². The maximum Gasteiger partial charge on any atom is 0.118 e. The molecule has 0 aliphatic carbocycles. The monoisotopic (exact) mass is 230 g/mol. The van der Waals surface area contributed by atoms with E-state index in [1.54, 1.807) is 7.11 Å². The van der Waals surface area contributed by atoms with E-state index in [0.29, 0.717) is 0 Å². The second-order valence-electron chi connectivity index (χ2n) is 4.05. The van der Waals surface area contributed by atoms with Gasteiger partial charge in [-0.2, -0.15) is 0 Å². The Balaban J connectivity index is 2.87. The van der Waals surface area contributed by atoms with Crippen LogP contribution in [0.4, 0.5) is 0 Å². The van der Waals surface area contributed by atoms with Gasteiger partial charge in [-0.1, -0.05) is 43.7 Å². The zero-order chi connectivity index (χ0) is 12.5. The molecular formula is C16H22O. The van der Waals surface area contributed by atoms with Gasteiger partial charge in [0.15, 0.2) is 0 Å². The molecule has 1 aromatic carbocycles. The van der Waals surface area contributed by atoms with Crippen LogP contribution in [0.15, 0.2) is 42.5 Å². The van der Waals surface area contributed by atoms with Crippen LogP contribution in [0.5, 0.6) is 5.75 Å². The van der Waals surface area contributed by atoms with Crippen molar-refractivity contribution in [2.45, 2.75) is 33.1 Å². The maximum atomic E-state index is 5.18. The standard InChI is InChI=1S/C16H22O/c1-4-6-8-14(9-7-5-2)15-10-12-16(17-3)13-11-15/h4,6,8,10-13H,5,7,9H2,1-3H3/b6-4-,14-8+. The van der Waals surface area contributed by atoms with Crippen molar-refractivity contribution in [3.63, 3.8) is 0 Å². The van der Waals surface area contributed by atoms with Crippen molar-refractivity contribution in [3.8, 4) is 5.75 Å². The first-order valence-corrected chi connectivity index (χ1v) is 6.28. The molecule has 1 heteroatoms. The Morgan fingerprint density at radius 3 is 2.47 bits per heavy atom. The molecule has 0 atom stereocenters. The minimum atomic E-state index is 0.912. The van der Waals surface area contributed by atoms with E-state index in [-0.39, 0.29) is 0 Å². The van der Waals surface area contributed by atoms with Gasteiger partial charge in [0, 0.05) is 0 Å². The molecule has 0 unspecified atom stereocenters. The largest absolute Gasteiger partial charge is 0.497 e. The predicted octanol–water partition coefficient (Wildman–Crippen LogP) is 4.84. The Hall–Kier alpha value is -1.50. The second kappa shape index (κ2) is 7.72. The van der Waals surface area contributed by atoms with E-state index in [2.05, 4.69) is 37.3 Å². The van der Waals surface area contributed by atoms with Gasteiger partial charge >= 0.3 is 0 Å². The lowest BCUT2D eigenvalue weighted by molar-refractivity contribution is 0.415. The molecule has 0 heterocycles. The number of methoxy groups -OCH3 is 1. The lowest BCUT2D eigenvalue weighted by atomic mass is 10.00. The maximum absolute atomic E-state index is 5.18. The smallest absolute Gasteiger partial charge is 0.118 e. The summed E-state index contributed by atoms with van der Waals surface area (Å²) in [4.78, 5) is 0. The minimum absolute atomic E-state index is 0.912. The number of benzene rings is 1. The van der Waals surface area contributed by atoms with E-state index in [9.17, 15) is 0 Å². The van der Waals surface area contributed by atoms with Crippen molar-refractivity contribution in [3.05, 3.63) is 48.1 Å². The summed E-state index contributed by atoms with van der Waals surface area (Å²) in [6.45, 7) is 4.27. The topological polar surface area (TPSA) is 9.23 Å². The summed E-state index contributed by atoms with van der Waals surface area (Å²) in [7, 11) is 1.70. The molecule has 0 aliphatic rings. The van der Waals surface area contributed by atoms with Gasteiger partial charge in [-0.25, -0.2) is 0 Å². The molecule has 1 nitrogen and oxygen atoms in total. The number of allylic oxidation sites excluding steroid dienone is 4. The van der Waals surface area contributed by atoms with E-state index in [1.807, 2.05) is 19.1 Å². The molecular weight excluding hydrogens is 208 g/mol. The van der Waals surface area contributed by atoms with E-state index < -0.39 is 0 Å². The summed E-state index contributed by atoms with van der Waals surface area (Å²) in [5, 5.41) is 0. The third kappa shape index (κ3) is 4.48. The first-order chi connectivity index (χ1) is 8.31. The highest BCUT2D eigenvalue weighted by Crippen LogP contribution is 2.23. The summed E-state index contributed by atoms with van der Waals surface area (Å²) in [5.74, 6) is 0.912. The van der Waals surface area contributed by atoms with Gasteiger partial charge in [-0.3, -0.25) is 0 Å². The first-order valence-electron chi connectivity index (χ1n) is 6.28. The van der Waals surface area contributed by atoms with Gasteiger partial charge in [0.2, 0.25) is 0 Å². The summed E-state index contributed by atoms with van der Waals surface area (Å²) in [6, 6.07) is 8.29. The number of hydrogen-bond acceptors (Lipinski definition) is 1. The van der Waals surface area contributed by atoms with Crippen LogP contribution in [0.2, 0.25) is 0 Å². The average Bonchev–Trinajstić information content (AvgIpc) is 2.39. The Labute approximate surface area is 105 Å². The van der Waals surface area contributed by atoms with Crippen molar-refractivity contribution in [1.82, 2.24) is 0 Å². The van der Waals surface area contributed by atoms with Crippen molar-refractivity contribution < 1.29 is 4.74 Å². The normalized spacial score (nSPS) is 12.1. The summed E-state index contributed by atoms with van der Waals surface area (Å²) >= 11 is 0. The van der Waals surface area contributed by atoms with Gasteiger partial charge in [0.25, 0.3) is 0 Å².